The first kappa shape index (κ1) is 14.6. The predicted octanol–water partition coefficient (Wildman–Crippen LogP) is 4.00. The molecule has 0 heterocycles. The molecule has 0 aliphatic heterocycles. The third-order valence-electron chi connectivity index (χ3n) is 2.92. The third kappa shape index (κ3) is 3.75. The first-order valence-electron chi connectivity index (χ1n) is 5.74. The number of rotatable bonds is 5. The molecule has 0 atom stereocenters. The van der Waals surface area contributed by atoms with Crippen molar-refractivity contribution in [2.75, 3.05) is 13.1 Å². The summed E-state index contributed by atoms with van der Waals surface area (Å²) in [7, 11) is 0. The van der Waals surface area contributed by atoms with Gasteiger partial charge in [-0.15, -0.1) is 0 Å². The molecule has 0 aliphatic rings. The molecule has 0 aromatic heterocycles. The van der Waals surface area contributed by atoms with Crippen LogP contribution in [0.5, 0.6) is 0 Å². The van der Waals surface area contributed by atoms with Crippen LogP contribution in [0, 0.1) is 11.6 Å². The van der Waals surface area contributed by atoms with Crippen molar-refractivity contribution in [2.24, 2.45) is 0 Å². The molecule has 1 N–H and O–H groups in total. The van der Waals surface area contributed by atoms with Crippen molar-refractivity contribution in [2.45, 2.75) is 32.6 Å². The second-order valence-electron chi connectivity index (χ2n) is 4.73. The highest BCUT2D eigenvalue weighted by Gasteiger charge is 2.25. The lowest BCUT2D eigenvalue weighted by atomic mass is 9.81. The lowest BCUT2D eigenvalue weighted by molar-refractivity contribution is 0.432. The average Bonchev–Trinajstić information content (AvgIpc) is 2.23. The summed E-state index contributed by atoms with van der Waals surface area (Å²) in [5.41, 5.74) is 0.0458. The maximum Gasteiger partial charge on any atom is 0.137 e. The zero-order valence-corrected chi connectivity index (χ0v) is 12.0. The second-order valence-corrected chi connectivity index (χ2v) is 5.59. The van der Waals surface area contributed by atoms with Crippen molar-refractivity contribution in [3.63, 3.8) is 0 Å². The van der Waals surface area contributed by atoms with E-state index in [-0.39, 0.29) is 15.7 Å². The van der Waals surface area contributed by atoms with E-state index in [0.717, 1.165) is 19.5 Å². The summed E-state index contributed by atoms with van der Waals surface area (Å²) in [5, 5.41) is 3.19. The number of nitrogens with one attached hydrogen (secondary N) is 1. The van der Waals surface area contributed by atoms with Crippen LogP contribution < -0.4 is 5.32 Å². The van der Waals surface area contributed by atoms with Crippen LogP contribution in [0.4, 0.5) is 8.78 Å². The van der Waals surface area contributed by atoms with Crippen LogP contribution in [0.1, 0.15) is 32.8 Å². The lowest BCUT2D eigenvalue weighted by Crippen LogP contribution is -2.26. The Kier molecular flexibility index (Phi) is 5.07. The van der Waals surface area contributed by atoms with Crippen LogP contribution in [0.3, 0.4) is 0 Å². The normalized spacial score (nSPS) is 11.9. The molecule has 0 saturated heterocycles. The molecule has 0 amide bonds. The Hall–Kier alpha value is -0.480. The maximum atomic E-state index is 13.8. The summed E-state index contributed by atoms with van der Waals surface area (Å²) >= 11 is 2.98. The summed E-state index contributed by atoms with van der Waals surface area (Å²) in [5.74, 6) is -0.780. The molecular formula is C13H18BrF2N. The fourth-order valence-corrected chi connectivity index (χ4v) is 2.07. The monoisotopic (exact) mass is 305 g/mol. The fraction of sp³-hybridized carbons (Fsp3) is 0.538. The van der Waals surface area contributed by atoms with E-state index >= 15 is 0 Å². The molecule has 0 unspecified atom stereocenters. The summed E-state index contributed by atoms with van der Waals surface area (Å²) in [6, 6.07) is 2.48. The molecule has 0 saturated carbocycles. The molecule has 1 aromatic carbocycles. The maximum absolute atomic E-state index is 13.8. The minimum Gasteiger partial charge on any atom is -0.317 e. The van der Waals surface area contributed by atoms with Gasteiger partial charge in [0.2, 0.25) is 0 Å². The van der Waals surface area contributed by atoms with E-state index < -0.39 is 5.82 Å². The second kappa shape index (κ2) is 5.91. The average molecular weight is 306 g/mol. The SMILES string of the molecule is CCNCCC(C)(C)c1cc(F)c(Br)cc1F. The van der Waals surface area contributed by atoms with E-state index in [4.69, 9.17) is 0 Å². The van der Waals surface area contributed by atoms with Crippen LogP contribution in [0.2, 0.25) is 0 Å². The summed E-state index contributed by atoms with van der Waals surface area (Å²) in [6.07, 6.45) is 0.763. The highest BCUT2D eigenvalue weighted by molar-refractivity contribution is 9.10. The Morgan fingerprint density at radius 3 is 2.47 bits per heavy atom. The van der Waals surface area contributed by atoms with Crippen LogP contribution in [-0.2, 0) is 5.41 Å². The third-order valence-corrected chi connectivity index (χ3v) is 3.52. The first-order chi connectivity index (χ1) is 7.88. The van der Waals surface area contributed by atoms with E-state index in [1.54, 1.807) is 0 Å². The van der Waals surface area contributed by atoms with Gasteiger partial charge in [0.1, 0.15) is 11.6 Å². The van der Waals surface area contributed by atoms with Gasteiger partial charge in [0.05, 0.1) is 4.47 Å². The Labute approximate surface area is 110 Å². The van der Waals surface area contributed by atoms with E-state index in [1.807, 2.05) is 20.8 Å². The van der Waals surface area contributed by atoms with Crippen molar-refractivity contribution >= 4 is 15.9 Å². The van der Waals surface area contributed by atoms with Gasteiger partial charge in [-0.3, -0.25) is 0 Å². The van der Waals surface area contributed by atoms with Crippen molar-refractivity contribution in [3.8, 4) is 0 Å². The van der Waals surface area contributed by atoms with Gasteiger partial charge < -0.3 is 5.32 Å². The van der Waals surface area contributed by atoms with Crippen molar-refractivity contribution < 1.29 is 8.78 Å². The molecule has 1 aromatic rings. The topological polar surface area (TPSA) is 12.0 Å². The van der Waals surface area contributed by atoms with Gasteiger partial charge in [0, 0.05) is 0 Å². The largest absolute Gasteiger partial charge is 0.317 e. The molecule has 1 rings (SSSR count). The van der Waals surface area contributed by atoms with Gasteiger partial charge in [-0.2, -0.15) is 0 Å². The molecule has 0 radical (unpaired) electrons. The molecule has 17 heavy (non-hydrogen) atoms. The number of hydrogen-bond acceptors (Lipinski definition) is 1. The highest BCUT2D eigenvalue weighted by Crippen LogP contribution is 2.31. The van der Waals surface area contributed by atoms with Crippen molar-refractivity contribution in [1.29, 1.82) is 0 Å². The van der Waals surface area contributed by atoms with Gasteiger partial charge in [-0.05, 0) is 58.6 Å². The van der Waals surface area contributed by atoms with E-state index in [1.165, 1.54) is 12.1 Å². The minimum absolute atomic E-state index is 0.168. The van der Waals surface area contributed by atoms with Gasteiger partial charge in [0.15, 0.2) is 0 Å². The van der Waals surface area contributed by atoms with Crippen molar-refractivity contribution in [3.05, 3.63) is 33.8 Å². The lowest BCUT2D eigenvalue weighted by Gasteiger charge is -2.26. The number of benzene rings is 1. The van der Waals surface area contributed by atoms with Gasteiger partial charge >= 0.3 is 0 Å². The standard InChI is InChI=1S/C13H18BrF2N/c1-4-17-6-5-13(2,3)9-7-12(16)10(14)8-11(9)15/h7-8,17H,4-6H2,1-3H3. The summed E-state index contributed by atoms with van der Waals surface area (Å²) in [6.45, 7) is 7.55. The zero-order valence-electron chi connectivity index (χ0n) is 10.4. The van der Waals surface area contributed by atoms with E-state index in [0.29, 0.717) is 5.56 Å². The number of halogens is 3. The Bertz CT molecular complexity index is 391. The summed E-state index contributed by atoms with van der Waals surface area (Å²) < 4.78 is 27.4. The molecule has 96 valence electrons. The van der Waals surface area contributed by atoms with Crippen LogP contribution in [0.15, 0.2) is 16.6 Å². The van der Waals surface area contributed by atoms with Gasteiger partial charge in [-0.1, -0.05) is 20.8 Å². The van der Waals surface area contributed by atoms with Crippen LogP contribution in [-0.4, -0.2) is 13.1 Å². The van der Waals surface area contributed by atoms with E-state index in [2.05, 4.69) is 21.2 Å². The Morgan fingerprint density at radius 1 is 1.24 bits per heavy atom. The predicted molar refractivity (Wildman–Crippen MR) is 70.2 cm³/mol. The van der Waals surface area contributed by atoms with E-state index in [9.17, 15) is 8.78 Å². The Balaban J connectivity index is 2.93. The minimum atomic E-state index is -0.419. The van der Waals surface area contributed by atoms with Gasteiger partial charge in [-0.25, -0.2) is 8.78 Å². The molecular weight excluding hydrogens is 288 g/mol. The summed E-state index contributed by atoms with van der Waals surface area (Å²) in [4.78, 5) is 0. The molecule has 0 aliphatic carbocycles. The molecule has 4 heteroatoms. The number of hydrogen-bond donors (Lipinski definition) is 1. The molecule has 0 fully saturated rings. The van der Waals surface area contributed by atoms with Crippen molar-refractivity contribution in [1.82, 2.24) is 5.32 Å². The van der Waals surface area contributed by atoms with Crippen LogP contribution >= 0.6 is 15.9 Å². The molecule has 0 spiro atoms. The first-order valence-corrected chi connectivity index (χ1v) is 6.53. The van der Waals surface area contributed by atoms with Crippen LogP contribution in [0.25, 0.3) is 0 Å². The molecule has 1 nitrogen and oxygen atoms in total. The smallest absolute Gasteiger partial charge is 0.137 e. The Morgan fingerprint density at radius 2 is 1.88 bits per heavy atom. The van der Waals surface area contributed by atoms with Gasteiger partial charge in [0.25, 0.3) is 0 Å². The zero-order chi connectivity index (χ0) is 13.1. The quantitative estimate of drug-likeness (QED) is 0.640. The fourth-order valence-electron chi connectivity index (χ4n) is 1.75. The molecule has 0 bridgehead atoms. The highest BCUT2D eigenvalue weighted by atomic mass is 79.9.